The highest BCUT2D eigenvalue weighted by Crippen LogP contribution is 2.13. The first-order valence-electron chi connectivity index (χ1n) is 5.24. The van der Waals surface area contributed by atoms with Crippen LogP contribution in [0.2, 0.25) is 0 Å². The molecule has 3 heteroatoms. The molecule has 1 fully saturated rings. The Morgan fingerprint density at radius 1 is 1.15 bits per heavy atom. The highest BCUT2D eigenvalue weighted by molar-refractivity contribution is 4.62. The third-order valence-corrected chi connectivity index (χ3v) is 2.33. The van der Waals surface area contributed by atoms with Crippen LogP contribution in [-0.4, -0.2) is 30.7 Å². The molecule has 0 unspecified atom stereocenters. The van der Waals surface area contributed by atoms with Gasteiger partial charge in [-0.3, -0.25) is 0 Å². The predicted molar refractivity (Wildman–Crippen MR) is 50.5 cm³/mol. The largest absolute Gasteiger partial charge is 0.371 e. The Hall–Kier alpha value is -0.120. The summed E-state index contributed by atoms with van der Waals surface area (Å²) in [5, 5.41) is 8.99. The van der Waals surface area contributed by atoms with Gasteiger partial charge in [0.15, 0.2) is 6.29 Å². The van der Waals surface area contributed by atoms with Gasteiger partial charge in [0.2, 0.25) is 0 Å². The minimum atomic E-state index is -0.702. The number of aliphatic hydroxyl groups is 1. The highest BCUT2D eigenvalue weighted by Gasteiger charge is 2.19. The van der Waals surface area contributed by atoms with E-state index in [9.17, 15) is 0 Å². The van der Waals surface area contributed by atoms with Crippen molar-refractivity contribution in [3.63, 3.8) is 0 Å². The number of aliphatic hydroxyl groups excluding tert-OH is 1. The molecule has 0 aromatic rings. The summed E-state index contributed by atoms with van der Waals surface area (Å²) in [6.07, 6.45) is 5.62. The number of rotatable bonds is 5. The molecule has 0 bridgehead atoms. The fourth-order valence-electron chi connectivity index (χ4n) is 1.50. The van der Waals surface area contributed by atoms with Gasteiger partial charge in [-0.05, 0) is 6.42 Å². The summed E-state index contributed by atoms with van der Waals surface area (Å²) in [6, 6.07) is 0. The lowest BCUT2D eigenvalue weighted by Crippen LogP contribution is -2.35. The number of hydrogen-bond donors (Lipinski definition) is 1. The second-order valence-corrected chi connectivity index (χ2v) is 3.59. The van der Waals surface area contributed by atoms with E-state index in [0.29, 0.717) is 13.2 Å². The standard InChI is InChI=1S/C10H20O3/c1-2-3-4-5-6-9-7-13-10(11)8-12-9/h9-11H,2-8H2,1H3/t9-,10+/m0/s1. The fourth-order valence-corrected chi connectivity index (χ4v) is 1.50. The zero-order valence-electron chi connectivity index (χ0n) is 8.37. The van der Waals surface area contributed by atoms with Crippen molar-refractivity contribution >= 4 is 0 Å². The average molecular weight is 188 g/mol. The first kappa shape index (κ1) is 11.0. The number of hydrogen-bond acceptors (Lipinski definition) is 3. The van der Waals surface area contributed by atoms with E-state index in [2.05, 4.69) is 6.92 Å². The van der Waals surface area contributed by atoms with Gasteiger partial charge < -0.3 is 14.6 Å². The molecule has 0 aliphatic carbocycles. The van der Waals surface area contributed by atoms with Gasteiger partial charge in [-0.25, -0.2) is 0 Å². The highest BCUT2D eigenvalue weighted by atomic mass is 16.7. The molecule has 1 aliphatic heterocycles. The van der Waals surface area contributed by atoms with Crippen molar-refractivity contribution in [2.24, 2.45) is 0 Å². The number of unbranched alkanes of at least 4 members (excludes halogenated alkanes) is 3. The van der Waals surface area contributed by atoms with Crippen LogP contribution in [0.25, 0.3) is 0 Å². The second-order valence-electron chi connectivity index (χ2n) is 3.59. The first-order valence-corrected chi connectivity index (χ1v) is 5.24. The van der Waals surface area contributed by atoms with Crippen LogP contribution in [-0.2, 0) is 9.47 Å². The molecule has 1 rings (SSSR count). The molecule has 78 valence electrons. The summed E-state index contributed by atoms with van der Waals surface area (Å²) in [7, 11) is 0. The van der Waals surface area contributed by atoms with Gasteiger partial charge in [-0.15, -0.1) is 0 Å². The summed E-state index contributed by atoms with van der Waals surface area (Å²) >= 11 is 0. The fraction of sp³-hybridized carbons (Fsp3) is 1.00. The van der Waals surface area contributed by atoms with Crippen molar-refractivity contribution in [1.82, 2.24) is 0 Å². The van der Waals surface area contributed by atoms with Gasteiger partial charge in [-0.2, -0.15) is 0 Å². The zero-order chi connectivity index (χ0) is 9.52. The lowest BCUT2D eigenvalue weighted by atomic mass is 10.1. The van der Waals surface area contributed by atoms with Crippen LogP contribution >= 0.6 is 0 Å². The van der Waals surface area contributed by atoms with Crippen LogP contribution in [0.4, 0.5) is 0 Å². The number of ether oxygens (including phenoxy) is 2. The molecule has 1 heterocycles. The Morgan fingerprint density at radius 3 is 2.62 bits per heavy atom. The van der Waals surface area contributed by atoms with E-state index in [0.717, 1.165) is 6.42 Å². The first-order chi connectivity index (χ1) is 6.33. The molecule has 1 aliphatic rings. The minimum absolute atomic E-state index is 0.209. The molecule has 0 saturated carbocycles. The lowest BCUT2D eigenvalue weighted by Gasteiger charge is -2.26. The van der Waals surface area contributed by atoms with Crippen LogP contribution in [0.1, 0.15) is 39.0 Å². The summed E-state index contributed by atoms with van der Waals surface area (Å²) in [6.45, 7) is 3.09. The van der Waals surface area contributed by atoms with E-state index in [-0.39, 0.29) is 6.10 Å². The van der Waals surface area contributed by atoms with E-state index in [1.165, 1.54) is 25.7 Å². The van der Waals surface area contributed by atoms with Gasteiger partial charge in [0.1, 0.15) is 0 Å². The van der Waals surface area contributed by atoms with Crippen molar-refractivity contribution < 1.29 is 14.6 Å². The van der Waals surface area contributed by atoms with Gasteiger partial charge in [0.05, 0.1) is 19.3 Å². The van der Waals surface area contributed by atoms with Crippen molar-refractivity contribution in [2.45, 2.75) is 51.4 Å². The Labute approximate surface area is 80.0 Å². The minimum Gasteiger partial charge on any atom is -0.371 e. The Kier molecular flexibility index (Phi) is 5.35. The molecule has 0 aromatic heterocycles. The maximum absolute atomic E-state index is 8.99. The molecule has 1 saturated heterocycles. The molecule has 13 heavy (non-hydrogen) atoms. The lowest BCUT2D eigenvalue weighted by molar-refractivity contribution is -0.213. The van der Waals surface area contributed by atoms with Gasteiger partial charge >= 0.3 is 0 Å². The summed E-state index contributed by atoms with van der Waals surface area (Å²) < 4.78 is 10.5. The Morgan fingerprint density at radius 2 is 2.00 bits per heavy atom. The third-order valence-electron chi connectivity index (χ3n) is 2.33. The van der Waals surface area contributed by atoms with E-state index in [1.807, 2.05) is 0 Å². The molecular formula is C10H20O3. The van der Waals surface area contributed by atoms with Crippen molar-refractivity contribution in [2.75, 3.05) is 13.2 Å². The topological polar surface area (TPSA) is 38.7 Å². The normalized spacial score (nSPS) is 29.1. The Balaban J connectivity index is 1.96. The van der Waals surface area contributed by atoms with Crippen molar-refractivity contribution in [3.05, 3.63) is 0 Å². The molecule has 1 N–H and O–H groups in total. The predicted octanol–water partition coefficient (Wildman–Crippen LogP) is 1.69. The van der Waals surface area contributed by atoms with E-state index in [4.69, 9.17) is 14.6 Å². The van der Waals surface area contributed by atoms with Crippen LogP contribution in [0.15, 0.2) is 0 Å². The monoisotopic (exact) mass is 188 g/mol. The SMILES string of the molecule is CCCCCC[C@H]1CO[C@@H](O)CO1. The van der Waals surface area contributed by atoms with Crippen LogP contribution < -0.4 is 0 Å². The molecular weight excluding hydrogens is 168 g/mol. The van der Waals surface area contributed by atoms with Gasteiger partial charge in [0, 0.05) is 0 Å². The molecule has 0 aromatic carbocycles. The summed E-state index contributed by atoms with van der Waals surface area (Å²) in [5.41, 5.74) is 0. The zero-order valence-corrected chi connectivity index (χ0v) is 8.37. The molecule has 0 radical (unpaired) electrons. The van der Waals surface area contributed by atoms with Crippen molar-refractivity contribution in [1.29, 1.82) is 0 Å². The third kappa shape index (κ3) is 4.60. The maximum Gasteiger partial charge on any atom is 0.178 e. The Bertz CT molecular complexity index is 119. The van der Waals surface area contributed by atoms with E-state index in [1.54, 1.807) is 0 Å². The maximum atomic E-state index is 8.99. The molecule has 0 spiro atoms. The quantitative estimate of drug-likeness (QED) is 0.667. The molecule has 2 atom stereocenters. The second kappa shape index (κ2) is 6.35. The van der Waals surface area contributed by atoms with E-state index >= 15 is 0 Å². The van der Waals surface area contributed by atoms with Gasteiger partial charge in [0.25, 0.3) is 0 Å². The average Bonchev–Trinajstić information content (AvgIpc) is 2.15. The summed E-state index contributed by atoms with van der Waals surface area (Å²) in [4.78, 5) is 0. The van der Waals surface area contributed by atoms with Crippen molar-refractivity contribution in [3.8, 4) is 0 Å². The smallest absolute Gasteiger partial charge is 0.178 e. The van der Waals surface area contributed by atoms with E-state index < -0.39 is 6.29 Å². The van der Waals surface area contributed by atoms with Gasteiger partial charge in [-0.1, -0.05) is 32.6 Å². The van der Waals surface area contributed by atoms with Crippen LogP contribution in [0, 0.1) is 0 Å². The molecule has 3 nitrogen and oxygen atoms in total. The van der Waals surface area contributed by atoms with Crippen LogP contribution in [0.3, 0.4) is 0 Å². The van der Waals surface area contributed by atoms with Crippen LogP contribution in [0.5, 0.6) is 0 Å². The summed E-state index contributed by atoms with van der Waals surface area (Å²) in [5.74, 6) is 0. The molecule has 0 amide bonds.